The number of hydrogen-bond acceptors (Lipinski definition) is 3. The summed E-state index contributed by atoms with van der Waals surface area (Å²) in [7, 11) is -3.44. The van der Waals surface area contributed by atoms with Crippen molar-refractivity contribution < 1.29 is 8.42 Å². The molecule has 108 valence electrons. The normalized spacial score (nSPS) is 16.9. The maximum Gasteiger partial charge on any atom is 0.240 e. The first-order valence-corrected chi connectivity index (χ1v) is 7.90. The second-order valence-electron chi connectivity index (χ2n) is 4.50. The summed E-state index contributed by atoms with van der Waals surface area (Å²) in [6.45, 7) is 2.42. The van der Waals surface area contributed by atoms with Crippen LogP contribution in [0.3, 0.4) is 0 Å². The van der Waals surface area contributed by atoms with E-state index in [0.29, 0.717) is 17.5 Å². The van der Waals surface area contributed by atoms with Gasteiger partial charge in [0.25, 0.3) is 0 Å². The number of benzene rings is 1. The van der Waals surface area contributed by atoms with Crippen LogP contribution in [0, 0.1) is 5.92 Å². The highest BCUT2D eigenvalue weighted by Gasteiger charge is 2.18. The van der Waals surface area contributed by atoms with E-state index in [0.717, 1.165) is 25.9 Å². The molecule has 0 radical (unpaired) electrons. The summed E-state index contributed by atoms with van der Waals surface area (Å²) in [6, 6.07) is 6.32. The highest BCUT2D eigenvalue weighted by molar-refractivity contribution is 7.89. The summed E-state index contributed by atoms with van der Waals surface area (Å²) in [5, 5.41) is 3.69. The summed E-state index contributed by atoms with van der Waals surface area (Å²) in [5.74, 6) is 0.417. The largest absolute Gasteiger partial charge is 0.317 e. The van der Waals surface area contributed by atoms with Crippen molar-refractivity contribution in [2.45, 2.75) is 17.7 Å². The van der Waals surface area contributed by atoms with Gasteiger partial charge in [-0.05, 0) is 50.0 Å². The molecule has 4 nitrogen and oxygen atoms in total. The van der Waals surface area contributed by atoms with E-state index in [2.05, 4.69) is 10.0 Å². The van der Waals surface area contributed by atoms with Crippen LogP contribution in [0.25, 0.3) is 0 Å². The molecule has 0 aliphatic carbocycles. The molecule has 19 heavy (non-hydrogen) atoms. The van der Waals surface area contributed by atoms with Crippen LogP contribution in [-0.4, -0.2) is 28.1 Å². The summed E-state index contributed by atoms with van der Waals surface area (Å²) < 4.78 is 26.7. The van der Waals surface area contributed by atoms with Crippen LogP contribution in [0.5, 0.6) is 0 Å². The first kappa shape index (κ1) is 16.7. The standard InChI is InChI=1S/C12H17ClN2O2S.ClH/c13-11-2-1-3-12(8-11)18(16,17)15-9-10-4-6-14-7-5-10;/h1-3,8,10,14-15H,4-7,9H2;1H. The molecule has 1 saturated heterocycles. The molecule has 0 aromatic heterocycles. The molecule has 0 atom stereocenters. The molecule has 1 aromatic carbocycles. The lowest BCUT2D eigenvalue weighted by Crippen LogP contribution is -2.35. The number of hydrogen-bond donors (Lipinski definition) is 2. The third-order valence-corrected chi connectivity index (χ3v) is 4.78. The Morgan fingerprint density at radius 1 is 1.32 bits per heavy atom. The fourth-order valence-corrected chi connectivity index (χ4v) is 3.45. The average Bonchev–Trinajstić information content (AvgIpc) is 2.38. The van der Waals surface area contributed by atoms with Gasteiger partial charge in [0.05, 0.1) is 4.90 Å². The van der Waals surface area contributed by atoms with Gasteiger partial charge in [-0.3, -0.25) is 0 Å². The number of halogens is 2. The summed E-state index contributed by atoms with van der Waals surface area (Å²) in [4.78, 5) is 0.226. The fraction of sp³-hybridized carbons (Fsp3) is 0.500. The Morgan fingerprint density at radius 2 is 2.00 bits per heavy atom. The second-order valence-corrected chi connectivity index (χ2v) is 6.71. The number of nitrogens with one attached hydrogen (secondary N) is 2. The fourth-order valence-electron chi connectivity index (χ4n) is 2.03. The molecule has 1 heterocycles. The Labute approximate surface area is 125 Å². The molecule has 1 fully saturated rings. The zero-order valence-electron chi connectivity index (χ0n) is 10.4. The molecule has 1 aromatic rings. The van der Waals surface area contributed by atoms with Crippen LogP contribution in [-0.2, 0) is 10.0 Å². The third kappa shape index (κ3) is 4.93. The number of sulfonamides is 1. The Morgan fingerprint density at radius 3 is 2.63 bits per heavy atom. The molecule has 0 unspecified atom stereocenters. The minimum absolute atomic E-state index is 0. The lowest BCUT2D eigenvalue weighted by Gasteiger charge is -2.22. The van der Waals surface area contributed by atoms with Crippen LogP contribution in [0.15, 0.2) is 29.2 Å². The molecular weight excluding hydrogens is 307 g/mol. The van der Waals surface area contributed by atoms with Gasteiger partial charge < -0.3 is 5.32 Å². The molecular formula is C12H18Cl2N2O2S. The minimum Gasteiger partial charge on any atom is -0.317 e. The third-order valence-electron chi connectivity index (χ3n) is 3.13. The Kier molecular flexibility index (Phi) is 6.56. The molecule has 0 bridgehead atoms. The van der Waals surface area contributed by atoms with Crippen molar-refractivity contribution in [1.82, 2.24) is 10.0 Å². The van der Waals surface area contributed by atoms with Gasteiger partial charge in [0.15, 0.2) is 0 Å². The smallest absolute Gasteiger partial charge is 0.240 e. The van der Waals surface area contributed by atoms with E-state index < -0.39 is 10.0 Å². The second kappa shape index (κ2) is 7.45. The van der Waals surface area contributed by atoms with E-state index in [1.165, 1.54) is 6.07 Å². The monoisotopic (exact) mass is 324 g/mol. The van der Waals surface area contributed by atoms with Crippen molar-refractivity contribution in [3.8, 4) is 0 Å². The van der Waals surface area contributed by atoms with E-state index in [1.807, 2.05) is 0 Å². The predicted molar refractivity (Wildman–Crippen MR) is 79.5 cm³/mol. The van der Waals surface area contributed by atoms with Gasteiger partial charge in [-0.15, -0.1) is 12.4 Å². The van der Waals surface area contributed by atoms with Crippen molar-refractivity contribution in [3.63, 3.8) is 0 Å². The van der Waals surface area contributed by atoms with Crippen molar-refractivity contribution in [1.29, 1.82) is 0 Å². The highest BCUT2D eigenvalue weighted by atomic mass is 35.5. The van der Waals surface area contributed by atoms with Crippen LogP contribution in [0.1, 0.15) is 12.8 Å². The van der Waals surface area contributed by atoms with Crippen molar-refractivity contribution in [2.75, 3.05) is 19.6 Å². The highest BCUT2D eigenvalue weighted by Crippen LogP contribution is 2.16. The van der Waals surface area contributed by atoms with Gasteiger partial charge in [-0.2, -0.15) is 0 Å². The predicted octanol–water partition coefficient (Wildman–Crippen LogP) is 2.04. The van der Waals surface area contributed by atoms with Crippen LogP contribution in [0.4, 0.5) is 0 Å². The Balaban J connectivity index is 0.00000180. The van der Waals surface area contributed by atoms with E-state index in [-0.39, 0.29) is 17.3 Å². The zero-order chi connectivity index (χ0) is 13.0. The molecule has 2 rings (SSSR count). The maximum atomic E-state index is 12.0. The first-order chi connectivity index (χ1) is 8.58. The molecule has 0 spiro atoms. The first-order valence-electron chi connectivity index (χ1n) is 6.04. The van der Waals surface area contributed by atoms with Gasteiger partial charge in [0, 0.05) is 11.6 Å². The van der Waals surface area contributed by atoms with Gasteiger partial charge in [-0.25, -0.2) is 13.1 Å². The zero-order valence-corrected chi connectivity index (χ0v) is 12.8. The quantitative estimate of drug-likeness (QED) is 0.891. The molecule has 0 saturated carbocycles. The summed E-state index contributed by atoms with van der Waals surface area (Å²) >= 11 is 5.80. The number of piperidine rings is 1. The van der Waals surface area contributed by atoms with Gasteiger partial charge >= 0.3 is 0 Å². The average molecular weight is 325 g/mol. The lowest BCUT2D eigenvalue weighted by atomic mass is 9.99. The molecule has 1 aliphatic heterocycles. The summed E-state index contributed by atoms with van der Waals surface area (Å²) in [5.41, 5.74) is 0. The van der Waals surface area contributed by atoms with Crippen LogP contribution >= 0.6 is 24.0 Å². The van der Waals surface area contributed by atoms with E-state index in [4.69, 9.17) is 11.6 Å². The SMILES string of the molecule is Cl.O=S(=O)(NCC1CCNCC1)c1cccc(Cl)c1. The van der Waals surface area contributed by atoms with Gasteiger partial charge in [0.2, 0.25) is 10.0 Å². The number of rotatable bonds is 4. The van der Waals surface area contributed by atoms with E-state index >= 15 is 0 Å². The topological polar surface area (TPSA) is 58.2 Å². The maximum absolute atomic E-state index is 12.0. The van der Waals surface area contributed by atoms with Crippen LogP contribution < -0.4 is 10.0 Å². The Bertz CT molecular complexity index is 502. The van der Waals surface area contributed by atoms with Crippen molar-refractivity contribution >= 4 is 34.0 Å². The van der Waals surface area contributed by atoms with E-state index in [9.17, 15) is 8.42 Å². The Hall–Kier alpha value is -0.330. The van der Waals surface area contributed by atoms with Crippen LogP contribution in [0.2, 0.25) is 5.02 Å². The molecule has 0 amide bonds. The lowest BCUT2D eigenvalue weighted by molar-refractivity contribution is 0.372. The van der Waals surface area contributed by atoms with Crippen molar-refractivity contribution in [2.24, 2.45) is 5.92 Å². The van der Waals surface area contributed by atoms with E-state index in [1.54, 1.807) is 18.2 Å². The minimum atomic E-state index is -3.44. The molecule has 2 N–H and O–H groups in total. The molecule has 7 heteroatoms. The molecule has 1 aliphatic rings. The van der Waals surface area contributed by atoms with Gasteiger partial charge in [0.1, 0.15) is 0 Å². The summed E-state index contributed by atoms with van der Waals surface area (Å²) in [6.07, 6.45) is 2.02. The van der Waals surface area contributed by atoms with Gasteiger partial charge in [-0.1, -0.05) is 17.7 Å². The van der Waals surface area contributed by atoms with Crippen molar-refractivity contribution in [3.05, 3.63) is 29.3 Å².